The Hall–Kier alpha value is -1.99. The lowest BCUT2D eigenvalue weighted by atomic mass is 10.1. The number of rotatable bonds is 8. The molecule has 0 saturated carbocycles. The second kappa shape index (κ2) is 8.57. The van der Waals surface area contributed by atoms with Gasteiger partial charge in [-0.3, -0.25) is 9.36 Å². The number of nitrogens with two attached hydrogens (primary N) is 2. The quantitative estimate of drug-likeness (QED) is 0.318. The number of hydrogen-bond acceptors (Lipinski definition) is 9. The van der Waals surface area contributed by atoms with Gasteiger partial charge < -0.3 is 31.5 Å². The zero-order valence-corrected chi connectivity index (χ0v) is 16.2. The first kappa shape index (κ1) is 20.7. The summed E-state index contributed by atoms with van der Waals surface area (Å²) in [5.74, 6) is 1.12. The number of anilines is 1. The van der Waals surface area contributed by atoms with Crippen molar-refractivity contribution in [2.24, 2.45) is 5.73 Å². The molecule has 11 nitrogen and oxygen atoms in total. The highest BCUT2D eigenvalue weighted by atomic mass is 32.2. The van der Waals surface area contributed by atoms with Gasteiger partial charge in [-0.2, -0.15) is 0 Å². The lowest BCUT2D eigenvalue weighted by molar-refractivity contribution is -0.138. The fourth-order valence-corrected chi connectivity index (χ4v) is 5.17. The third kappa shape index (κ3) is 4.05. The Balaban J connectivity index is 1.71. The van der Waals surface area contributed by atoms with E-state index >= 15 is 0 Å². The molecule has 1 aliphatic heterocycles. The molecule has 0 radical (unpaired) electrons. The summed E-state index contributed by atoms with van der Waals surface area (Å²) >= 11 is 0. The van der Waals surface area contributed by atoms with E-state index in [0.29, 0.717) is 29.1 Å². The van der Waals surface area contributed by atoms with Crippen molar-refractivity contribution in [2.75, 3.05) is 23.0 Å². The predicted octanol–water partition coefficient (Wildman–Crippen LogP) is -1.53. The molecule has 28 heavy (non-hydrogen) atoms. The van der Waals surface area contributed by atoms with Crippen molar-refractivity contribution in [1.29, 1.82) is 0 Å². The SMILES string of the molecule is CC[S@@+](CC[C@H](N)C(=O)O)C[C@H]1O[C@@H](n2cnc3c(N)ncnc32)[C@H](O)[C@@H]1O. The Bertz CT molecular complexity index is 835. The average Bonchev–Trinajstić information content (AvgIpc) is 3.21. The van der Waals surface area contributed by atoms with Crippen LogP contribution in [0.15, 0.2) is 12.7 Å². The molecular formula is C16H25N6O5S+. The molecule has 0 aliphatic carbocycles. The standard InChI is InChI=1S/C16H24N6O5S/c1-2-28(4-3-8(17)16(25)26)5-9-11(23)12(24)15(27-9)22-7-21-10-13(18)19-6-20-14(10)22/h6-9,11-12,15,23-24H,2-5,17H2,1H3,(H2-,18,19,20,25,26)/p+1/t8-,9+,11+,12+,15+,28-/m0/s1. The van der Waals surface area contributed by atoms with Gasteiger partial charge in [-0.15, -0.1) is 0 Å². The summed E-state index contributed by atoms with van der Waals surface area (Å²) < 4.78 is 7.48. The van der Waals surface area contributed by atoms with Crippen LogP contribution in [0.25, 0.3) is 11.2 Å². The number of ether oxygens (including phenoxy) is 1. The van der Waals surface area contributed by atoms with Gasteiger partial charge in [0.25, 0.3) is 0 Å². The van der Waals surface area contributed by atoms with Gasteiger partial charge in [-0.05, 0) is 17.8 Å². The summed E-state index contributed by atoms with van der Waals surface area (Å²) in [7, 11) is -0.196. The first-order valence-electron chi connectivity index (χ1n) is 8.90. The number of carbonyl (C=O) groups is 1. The van der Waals surface area contributed by atoms with Gasteiger partial charge in [0.05, 0.1) is 6.33 Å². The monoisotopic (exact) mass is 413 g/mol. The van der Waals surface area contributed by atoms with E-state index in [0.717, 1.165) is 5.75 Å². The minimum absolute atomic E-state index is 0.196. The molecule has 1 aliphatic rings. The molecule has 0 bridgehead atoms. The molecule has 12 heteroatoms. The van der Waals surface area contributed by atoms with Crippen LogP contribution in [-0.4, -0.2) is 82.4 Å². The van der Waals surface area contributed by atoms with Crippen LogP contribution in [0.5, 0.6) is 0 Å². The van der Waals surface area contributed by atoms with Crippen molar-refractivity contribution in [3.63, 3.8) is 0 Å². The van der Waals surface area contributed by atoms with Crippen LogP contribution >= 0.6 is 0 Å². The van der Waals surface area contributed by atoms with Gasteiger partial charge in [0.15, 0.2) is 17.7 Å². The number of carboxylic acid groups (broad SMARTS) is 1. The molecule has 1 fully saturated rings. The number of fused-ring (bicyclic) bond motifs is 1. The number of nitrogen functional groups attached to an aromatic ring is 1. The molecule has 2 aromatic rings. The molecule has 0 aromatic carbocycles. The van der Waals surface area contributed by atoms with Crippen molar-refractivity contribution in [1.82, 2.24) is 19.5 Å². The van der Waals surface area contributed by atoms with E-state index in [1.54, 1.807) is 0 Å². The number of aliphatic hydroxyl groups excluding tert-OH is 2. The van der Waals surface area contributed by atoms with Crippen molar-refractivity contribution in [2.45, 2.75) is 43.9 Å². The smallest absolute Gasteiger partial charge is 0.320 e. The molecule has 6 atom stereocenters. The maximum absolute atomic E-state index is 10.9. The molecule has 2 aromatic heterocycles. The molecule has 0 amide bonds. The Morgan fingerprint density at radius 2 is 2.11 bits per heavy atom. The molecule has 0 spiro atoms. The molecule has 1 saturated heterocycles. The van der Waals surface area contributed by atoms with Gasteiger partial charge in [-0.25, -0.2) is 15.0 Å². The van der Waals surface area contributed by atoms with Crippen molar-refractivity contribution >= 4 is 33.8 Å². The van der Waals surface area contributed by atoms with E-state index in [-0.39, 0.29) is 16.7 Å². The van der Waals surface area contributed by atoms with E-state index in [2.05, 4.69) is 15.0 Å². The molecule has 3 heterocycles. The maximum atomic E-state index is 10.9. The number of aromatic nitrogens is 4. The van der Waals surface area contributed by atoms with Crippen molar-refractivity contribution < 1.29 is 24.9 Å². The van der Waals surface area contributed by atoms with Crippen LogP contribution in [0.4, 0.5) is 5.82 Å². The molecular weight excluding hydrogens is 388 g/mol. The minimum atomic E-state index is -1.16. The lowest BCUT2D eigenvalue weighted by Gasteiger charge is -2.16. The predicted molar refractivity (Wildman–Crippen MR) is 104 cm³/mol. The van der Waals surface area contributed by atoms with E-state index < -0.39 is 36.6 Å². The first-order chi connectivity index (χ1) is 13.3. The third-order valence-electron chi connectivity index (χ3n) is 4.84. The molecule has 7 N–H and O–H groups in total. The number of imidazole rings is 1. The van der Waals surface area contributed by atoms with Crippen LogP contribution in [0, 0.1) is 0 Å². The van der Waals surface area contributed by atoms with Gasteiger partial charge in [-0.1, -0.05) is 0 Å². The second-order valence-electron chi connectivity index (χ2n) is 6.63. The highest BCUT2D eigenvalue weighted by Gasteiger charge is 2.47. The Kier molecular flexibility index (Phi) is 6.35. The van der Waals surface area contributed by atoms with E-state index in [9.17, 15) is 15.0 Å². The highest BCUT2D eigenvalue weighted by Crippen LogP contribution is 2.32. The third-order valence-corrected chi connectivity index (χ3v) is 7.27. The van der Waals surface area contributed by atoms with Crippen molar-refractivity contribution in [3.8, 4) is 0 Å². The zero-order chi connectivity index (χ0) is 20.4. The maximum Gasteiger partial charge on any atom is 0.320 e. The largest absolute Gasteiger partial charge is 0.480 e. The fraction of sp³-hybridized carbons (Fsp3) is 0.625. The number of carboxylic acids is 1. The van der Waals surface area contributed by atoms with Crippen LogP contribution in [0.2, 0.25) is 0 Å². The van der Waals surface area contributed by atoms with Crippen LogP contribution in [0.3, 0.4) is 0 Å². The zero-order valence-electron chi connectivity index (χ0n) is 15.4. The Morgan fingerprint density at radius 3 is 2.79 bits per heavy atom. The van der Waals surface area contributed by atoms with Crippen molar-refractivity contribution in [3.05, 3.63) is 12.7 Å². The number of nitrogens with zero attached hydrogens (tertiary/aromatic N) is 4. The number of aliphatic hydroxyl groups is 2. The van der Waals surface area contributed by atoms with Gasteiger partial charge >= 0.3 is 5.97 Å². The Labute approximate surface area is 164 Å². The summed E-state index contributed by atoms with van der Waals surface area (Å²) in [6.07, 6.45) is -0.610. The molecule has 0 unspecified atom stereocenters. The van der Waals surface area contributed by atoms with Gasteiger partial charge in [0.1, 0.15) is 53.5 Å². The summed E-state index contributed by atoms with van der Waals surface area (Å²) in [6, 6.07) is -0.906. The molecule has 3 rings (SSSR count). The fourth-order valence-electron chi connectivity index (χ4n) is 3.15. The van der Waals surface area contributed by atoms with E-state index in [1.165, 1.54) is 17.2 Å². The minimum Gasteiger partial charge on any atom is -0.480 e. The van der Waals surface area contributed by atoms with Crippen LogP contribution in [0.1, 0.15) is 19.6 Å². The summed E-state index contributed by atoms with van der Waals surface area (Å²) in [5.41, 5.74) is 12.2. The van der Waals surface area contributed by atoms with Gasteiger partial charge in [0, 0.05) is 6.42 Å². The summed E-state index contributed by atoms with van der Waals surface area (Å²) in [6.45, 7) is 1.99. The second-order valence-corrected chi connectivity index (χ2v) is 9.18. The first-order valence-corrected chi connectivity index (χ1v) is 10.6. The summed E-state index contributed by atoms with van der Waals surface area (Å²) in [4.78, 5) is 23.1. The Morgan fingerprint density at radius 1 is 1.36 bits per heavy atom. The topological polar surface area (TPSA) is 183 Å². The lowest BCUT2D eigenvalue weighted by Crippen LogP contribution is -2.38. The highest BCUT2D eigenvalue weighted by molar-refractivity contribution is 7.96. The van der Waals surface area contributed by atoms with Crippen LogP contribution in [-0.2, 0) is 20.4 Å². The van der Waals surface area contributed by atoms with Gasteiger partial charge in [0.2, 0.25) is 0 Å². The number of hydrogen-bond donors (Lipinski definition) is 5. The molecule has 154 valence electrons. The normalized spacial score (nSPS) is 27.1. The summed E-state index contributed by atoms with van der Waals surface area (Å²) in [5, 5.41) is 29.9. The van der Waals surface area contributed by atoms with E-state index in [1.807, 2.05) is 6.92 Å². The van der Waals surface area contributed by atoms with E-state index in [4.69, 9.17) is 21.3 Å². The average molecular weight is 413 g/mol. The number of aliphatic carboxylic acids is 1. The van der Waals surface area contributed by atoms with Crippen LogP contribution < -0.4 is 11.5 Å².